The minimum atomic E-state index is 0.517. The number of unbranched alkanes of at least 4 members (excludes halogenated alkanes) is 4. The molecule has 0 spiro atoms. The summed E-state index contributed by atoms with van der Waals surface area (Å²) in [6.45, 7) is 3.77. The molecule has 0 radical (unpaired) electrons. The number of nitrogens with two attached hydrogens (primary N) is 1. The highest BCUT2D eigenvalue weighted by Crippen LogP contribution is 2.18. The van der Waals surface area contributed by atoms with E-state index in [1.165, 1.54) is 43.0 Å². The summed E-state index contributed by atoms with van der Waals surface area (Å²) >= 11 is 0. The van der Waals surface area contributed by atoms with Crippen molar-refractivity contribution in [3.8, 4) is 0 Å². The molecule has 0 atom stereocenters. The maximum atomic E-state index is 5.75. The monoisotopic (exact) mass is 245 g/mol. The van der Waals surface area contributed by atoms with Crippen LogP contribution in [-0.4, -0.2) is 9.78 Å². The summed E-state index contributed by atoms with van der Waals surface area (Å²) in [6.07, 6.45) is 6.46. The zero-order valence-corrected chi connectivity index (χ0v) is 11.2. The Kier molecular flexibility index (Phi) is 4.76. The van der Waals surface area contributed by atoms with Gasteiger partial charge < -0.3 is 5.73 Å². The van der Waals surface area contributed by atoms with Crippen molar-refractivity contribution in [2.45, 2.75) is 52.1 Å². The lowest BCUT2D eigenvalue weighted by Crippen LogP contribution is -2.03. The summed E-state index contributed by atoms with van der Waals surface area (Å²) in [5, 5.41) is 5.82. The molecule has 1 aromatic carbocycles. The SMILES string of the molecule is CCCCCCCn1nc(CN)c2ccccc21. The second-order valence-electron chi connectivity index (χ2n) is 4.81. The van der Waals surface area contributed by atoms with Crippen molar-refractivity contribution < 1.29 is 0 Å². The van der Waals surface area contributed by atoms with Crippen LogP contribution in [0.15, 0.2) is 24.3 Å². The molecular weight excluding hydrogens is 222 g/mol. The van der Waals surface area contributed by atoms with E-state index in [1.807, 2.05) is 0 Å². The zero-order chi connectivity index (χ0) is 12.8. The molecule has 1 aromatic heterocycles. The first-order chi connectivity index (χ1) is 8.86. The van der Waals surface area contributed by atoms with Gasteiger partial charge in [-0.05, 0) is 12.5 Å². The molecule has 2 rings (SSSR count). The second-order valence-corrected chi connectivity index (χ2v) is 4.81. The fourth-order valence-corrected chi connectivity index (χ4v) is 2.38. The van der Waals surface area contributed by atoms with Crippen molar-refractivity contribution in [3.05, 3.63) is 30.0 Å². The quantitative estimate of drug-likeness (QED) is 0.759. The zero-order valence-electron chi connectivity index (χ0n) is 11.2. The number of para-hydroxylation sites is 1. The normalized spacial score (nSPS) is 11.2. The van der Waals surface area contributed by atoms with E-state index in [1.54, 1.807) is 0 Å². The maximum Gasteiger partial charge on any atom is 0.0838 e. The van der Waals surface area contributed by atoms with Gasteiger partial charge in [-0.25, -0.2) is 0 Å². The van der Waals surface area contributed by atoms with Gasteiger partial charge in [0.1, 0.15) is 0 Å². The molecule has 0 saturated carbocycles. The van der Waals surface area contributed by atoms with E-state index in [0.29, 0.717) is 6.54 Å². The summed E-state index contributed by atoms with van der Waals surface area (Å²) < 4.78 is 2.11. The minimum absolute atomic E-state index is 0.517. The van der Waals surface area contributed by atoms with E-state index >= 15 is 0 Å². The Morgan fingerprint density at radius 3 is 2.67 bits per heavy atom. The highest BCUT2D eigenvalue weighted by Gasteiger charge is 2.07. The lowest BCUT2D eigenvalue weighted by molar-refractivity contribution is 0.540. The molecular formula is C15H23N3. The number of aromatic nitrogens is 2. The molecule has 18 heavy (non-hydrogen) atoms. The number of hydrogen-bond acceptors (Lipinski definition) is 2. The van der Waals surface area contributed by atoms with Crippen molar-refractivity contribution in [3.63, 3.8) is 0 Å². The van der Waals surface area contributed by atoms with Crippen LogP contribution >= 0.6 is 0 Å². The number of aryl methyl sites for hydroxylation is 1. The molecule has 0 fully saturated rings. The Bertz CT molecular complexity index is 487. The minimum Gasteiger partial charge on any atom is -0.325 e. The molecule has 3 heteroatoms. The summed E-state index contributed by atoms with van der Waals surface area (Å²) in [5.41, 5.74) is 7.98. The second kappa shape index (κ2) is 6.55. The summed E-state index contributed by atoms with van der Waals surface area (Å²) in [5.74, 6) is 0. The van der Waals surface area contributed by atoms with E-state index in [2.05, 4.69) is 41.0 Å². The van der Waals surface area contributed by atoms with E-state index in [-0.39, 0.29) is 0 Å². The van der Waals surface area contributed by atoms with Crippen molar-refractivity contribution >= 4 is 10.9 Å². The first kappa shape index (κ1) is 13.1. The van der Waals surface area contributed by atoms with E-state index in [9.17, 15) is 0 Å². The molecule has 1 heterocycles. The number of benzene rings is 1. The van der Waals surface area contributed by atoms with Gasteiger partial charge >= 0.3 is 0 Å². The van der Waals surface area contributed by atoms with Crippen LogP contribution < -0.4 is 5.73 Å². The van der Waals surface area contributed by atoms with Crippen molar-refractivity contribution in [2.24, 2.45) is 5.73 Å². The fraction of sp³-hybridized carbons (Fsp3) is 0.533. The molecule has 0 aliphatic rings. The molecule has 0 saturated heterocycles. The molecule has 2 N–H and O–H groups in total. The average molecular weight is 245 g/mol. The number of rotatable bonds is 7. The topological polar surface area (TPSA) is 43.8 Å². The van der Waals surface area contributed by atoms with Crippen LogP contribution in [0.5, 0.6) is 0 Å². The average Bonchev–Trinajstić information content (AvgIpc) is 2.77. The Morgan fingerprint density at radius 1 is 1.11 bits per heavy atom. The smallest absolute Gasteiger partial charge is 0.0838 e. The molecule has 0 bridgehead atoms. The van der Waals surface area contributed by atoms with Crippen LogP contribution in [0.25, 0.3) is 10.9 Å². The predicted octanol–water partition coefficient (Wildman–Crippen LogP) is 3.47. The van der Waals surface area contributed by atoms with Gasteiger partial charge in [0.2, 0.25) is 0 Å². The molecule has 0 aliphatic heterocycles. The largest absolute Gasteiger partial charge is 0.325 e. The molecule has 0 unspecified atom stereocenters. The Morgan fingerprint density at radius 2 is 1.89 bits per heavy atom. The van der Waals surface area contributed by atoms with Gasteiger partial charge in [0.05, 0.1) is 11.2 Å². The highest BCUT2D eigenvalue weighted by molar-refractivity contribution is 5.81. The Hall–Kier alpha value is -1.35. The third-order valence-electron chi connectivity index (χ3n) is 3.40. The lowest BCUT2D eigenvalue weighted by atomic mass is 10.1. The fourth-order valence-electron chi connectivity index (χ4n) is 2.38. The number of nitrogens with zero attached hydrogens (tertiary/aromatic N) is 2. The van der Waals surface area contributed by atoms with Crippen LogP contribution in [0.1, 0.15) is 44.7 Å². The molecule has 0 amide bonds. The molecule has 3 nitrogen and oxygen atoms in total. The van der Waals surface area contributed by atoms with Gasteiger partial charge in [0, 0.05) is 18.5 Å². The van der Waals surface area contributed by atoms with Crippen LogP contribution in [-0.2, 0) is 13.1 Å². The molecule has 98 valence electrons. The van der Waals surface area contributed by atoms with Gasteiger partial charge in [-0.3, -0.25) is 4.68 Å². The van der Waals surface area contributed by atoms with Gasteiger partial charge in [-0.1, -0.05) is 50.8 Å². The molecule has 2 aromatic rings. The third kappa shape index (κ3) is 2.91. The number of hydrogen-bond donors (Lipinski definition) is 1. The van der Waals surface area contributed by atoms with E-state index < -0.39 is 0 Å². The van der Waals surface area contributed by atoms with Gasteiger partial charge in [0.15, 0.2) is 0 Å². The highest BCUT2D eigenvalue weighted by atomic mass is 15.3. The van der Waals surface area contributed by atoms with Crippen LogP contribution in [0.4, 0.5) is 0 Å². The third-order valence-corrected chi connectivity index (χ3v) is 3.40. The molecule has 0 aliphatic carbocycles. The number of fused-ring (bicyclic) bond motifs is 1. The van der Waals surface area contributed by atoms with Gasteiger partial charge in [-0.2, -0.15) is 5.10 Å². The van der Waals surface area contributed by atoms with Crippen molar-refractivity contribution in [1.29, 1.82) is 0 Å². The first-order valence-electron chi connectivity index (χ1n) is 7.01. The van der Waals surface area contributed by atoms with Crippen LogP contribution in [0, 0.1) is 0 Å². The maximum absolute atomic E-state index is 5.75. The summed E-state index contributed by atoms with van der Waals surface area (Å²) in [7, 11) is 0. The van der Waals surface area contributed by atoms with Gasteiger partial charge in [0.25, 0.3) is 0 Å². The van der Waals surface area contributed by atoms with Crippen molar-refractivity contribution in [2.75, 3.05) is 0 Å². The van der Waals surface area contributed by atoms with E-state index in [4.69, 9.17) is 5.73 Å². The lowest BCUT2D eigenvalue weighted by Gasteiger charge is -2.03. The van der Waals surface area contributed by atoms with Crippen LogP contribution in [0.2, 0.25) is 0 Å². The first-order valence-corrected chi connectivity index (χ1v) is 7.01. The van der Waals surface area contributed by atoms with Gasteiger partial charge in [-0.15, -0.1) is 0 Å². The standard InChI is InChI=1S/C15H23N3/c1-2-3-4-5-8-11-18-15-10-7-6-9-13(15)14(12-16)17-18/h6-7,9-10H,2-5,8,11-12,16H2,1H3. The Labute approximate surface area is 109 Å². The Balaban J connectivity index is 2.04. The van der Waals surface area contributed by atoms with E-state index in [0.717, 1.165) is 12.2 Å². The predicted molar refractivity (Wildman–Crippen MR) is 76.4 cm³/mol. The van der Waals surface area contributed by atoms with Crippen molar-refractivity contribution in [1.82, 2.24) is 9.78 Å². The summed E-state index contributed by atoms with van der Waals surface area (Å²) in [4.78, 5) is 0. The van der Waals surface area contributed by atoms with Crippen LogP contribution in [0.3, 0.4) is 0 Å². The summed E-state index contributed by atoms with van der Waals surface area (Å²) in [6, 6.07) is 8.36.